The number of rotatable bonds is 1. The molecular weight excluding hydrogens is 284 g/mol. The number of pyridine rings is 1. The van der Waals surface area contributed by atoms with Gasteiger partial charge in [-0.1, -0.05) is 11.6 Å². The maximum absolute atomic E-state index is 6.17. The molecule has 1 fully saturated rings. The van der Waals surface area contributed by atoms with Gasteiger partial charge < -0.3 is 9.64 Å². The van der Waals surface area contributed by atoms with Gasteiger partial charge >= 0.3 is 0 Å². The standard InChI is InChI=1S/C17H19ClN2O/c18-12-5-6-14-16(11-12)19-15-4-2-1-3-13(15)17(14)20-7-9-21-10-8-20/h5-6,11H,1-4,7-10H2. The van der Waals surface area contributed by atoms with Crippen molar-refractivity contribution in [3.05, 3.63) is 34.5 Å². The van der Waals surface area contributed by atoms with Crippen LogP contribution >= 0.6 is 11.6 Å². The molecule has 0 N–H and O–H groups in total. The lowest BCUT2D eigenvalue weighted by Gasteiger charge is -2.33. The van der Waals surface area contributed by atoms with Crippen LogP contribution in [0.4, 0.5) is 5.69 Å². The van der Waals surface area contributed by atoms with Crippen molar-refractivity contribution in [2.45, 2.75) is 25.7 Å². The van der Waals surface area contributed by atoms with Gasteiger partial charge in [-0.15, -0.1) is 0 Å². The van der Waals surface area contributed by atoms with Crippen LogP contribution in [0.1, 0.15) is 24.1 Å². The molecule has 1 aromatic heterocycles. The third-order valence-electron chi connectivity index (χ3n) is 4.52. The number of aryl methyl sites for hydroxylation is 1. The number of ether oxygens (including phenoxy) is 1. The molecule has 0 unspecified atom stereocenters. The highest BCUT2D eigenvalue weighted by Gasteiger charge is 2.23. The van der Waals surface area contributed by atoms with Crippen molar-refractivity contribution in [1.29, 1.82) is 0 Å². The molecule has 0 saturated carbocycles. The van der Waals surface area contributed by atoms with Gasteiger partial charge in [-0.3, -0.25) is 4.98 Å². The molecule has 3 nitrogen and oxygen atoms in total. The first-order valence-corrected chi connectivity index (χ1v) is 8.14. The monoisotopic (exact) mass is 302 g/mol. The summed E-state index contributed by atoms with van der Waals surface area (Å²) in [7, 11) is 0. The van der Waals surface area contributed by atoms with Crippen molar-refractivity contribution < 1.29 is 4.74 Å². The van der Waals surface area contributed by atoms with Gasteiger partial charge in [-0.2, -0.15) is 0 Å². The molecule has 1 aliphatic heterocycles. The minimum absolute atomic E-state index is 0.763. The van der Waals surface area contributed by atoms with Crippen molar-refractivity contribution in [2.75, 3.05) is 31.2 Å². The van der Waals surface area contributed by atoms with E-state index in [2.05, 4.69) is 11.0 Å². The average molecular weight is 303 g/mol. The SMILES string of the molecule is Clc1ccc2c(N3CCOCC3)c3c(nc2c1)CCCC3. The van der Waals surface area contributed by atoms with E-state index in [0.29, 0.717) is 0 Å². The first-order chi connectivity index (χ1) is 10.3. The van der Waals surface area contributed by atoms with Gasteiger partial charge in [0, 0.05) is 29.2 Å². The molecule has 2 aromatic rings. The molecule has 0 spiro atoms. The van der Waals surface area contributed by atoms with E-state index in [1.807, 2.05) is 12.1 Å². The van der Waals surface area contributed by atoms with E-state index in [4.69, 9.17) is 21.3 Å². The van der Waals surface area contributed by atoms with Crippen LogP contribution in [0.25, 0.3) is 10.9 Å². The second-order valence-corrected chi connectivity index (χ2v) is 6.29. The average Bonchev–Trinajstić information content (AvgIpc) is 2.53. The number of hydrogen-bond donors (Lipinski definition) is 0. The first-order valence-electron chi connectivity index (χ1n) is 7.76. The smallest absolute Gasteiger partial charge is 0.0741 e. The van der Waals surface area contributed by atoms with Crippen molar-refractivity contribution in [3.63, 3.8) is 0 Å². The van der Waals surface area contributed by atoms with Crippen LogP contribution in [0.2, 0.25) is 5.02 Å². The lowest BCUT2D eigenvalue weighted by Crippen LogP contribution is -2.37. The van der Waals surface area contributed by atoms with Crippen LogP contribution in [0.15, 0.2) is 18.2 Å². The Morgan fingerprint density at radius 2 is 1.90 bits per heavy atom. The predicted octanol–water partition coefficient (Wildman–Crippen LogP) is 3.60. The molecule has 110 valence electrons. The number of anilines is 1. The zero-order valence-corrected chi connectivity index (χ0v) is 12.8. The molecule has 4 rings (SSSR count). The van der Waals surface area contributed by atoms with Gasteiger partial charge in [0.25, 0.3) is 0 Å². The number of fused-ring (bicyclic) bond motifs is 2. The highest BCUT2D eigenvalue weighted by molar-refractivity contribution is 6.31. The third-order valence-corrected chi connectivity index (χ3v) is 4.76. The fraction of sp³-hybridized carbons (Fsp3) is 0.471. The largest absolute Gasteiger partial charge is 0.378 e. The molecule has 4 heteroatoms. The minimum Gasteiger partial charge on any atom is -0.378 e. The summed E-state index contributed by atoms with van der Waals surface area (Å²) in [6.07, 6.45) is 4.75. The zero-order chi connectivity index (χ0) is 14.2. The molecule has 0 radical (unpaired) electrons. The molecule has 21 heavy (non-hydrogen) atoms. The van der Waals surface area contributed by atoms with Crippen molar-refractivity contribution in [3.8, 4) is 0 Å². The van der Waals surface area contributed by atoms with Crippen LogP contribution in [-0.2, 0) is 17.6 Å². The van der Waals surface area contributed by atoms with E-state index in [0.717, 1.165) is 49.7 Å². The Hall–Kier alpha value is -1.32. The number of morpholine rings is 1. The topological polar surface area (TPSA) is 25.4 Å². The fourth-order valence-corrected chi connectivity index (χ4v) is 3.69. The van der Waals surface area contributed by atoms with Crippen LogP contribution in [0.5, 0.6) is 0 Å². The number of halogens is 1. The molecule has 2 aliphatic rings. The summed E-state index contributed by atoms with van der Waals surface area (Å²) in [5, 5.41) is 2.00. The van der Waals surface area contributed by atoms with Crippen LogP contribution < -0.4 is 4.90 Å². The molecule has 1 aliphatic carbocycles. The molecule has 1 saturated heterocycles. The zero-order valence-electron chi connectivity index (χ0n) is 12.1. The summed E-state index contributed by atoms with van der Waals surface area (Å²) in [6.45, 7) is 3.56. The van der Waals surface area contributed by atoms with Gasteiger partial charge in [0.2, 0.25) is 0 Å². The summed E-state index contributed by atoms with van der Waals surface area (Å²) in [5.41, 5.74) is 5.15. The Kier molecular flexibility index (Phi) is 3.48. The Morgan fingerprint density at radius 1 is 1.10 bits per heavy atom. The lowest BCUT2D eigenvalue weighted by molar-refractivity contribution is 0.122. The van der Waals surface area contributed by atoms with E-state index < -0.39 is 0 Å². The summed E-state index contributed by atoms with van der Waals surface area (Å²) in [4.78, 5) is 7.37. The highest BCUT2D eigenvalue weighted by Crippen LogP contribution is 2.37. The van der Waals surface area contributed by atoms with Gasteiger partial charge in [0.15, 0.2) is 0 Å². The van der Waals surface area contributed by atoms with E-state index in [1.165, 1.54) is 35.2 Å². The van der Waals surface area contributed by atoms with Crippen LogP contribution in [-0.4, -0.2) is 31.3 Å². The van der Waals surface area contributed by atoms with Gasteiger partial charge in [-0.05, 0) is 49.4 Å². The van der Waals surface area contributed by atoms with E-state index >= 15 is 0 Å². The Balaban J connectivity index is 1.95. The molecule has 0 atom stereocenters. The molecule has 0 bridgehead atoms. The first kappa shape index (κ1) is 13.4. The minimum atomic E-state index is 0.763. The highest BCUT2D eigenvalue weighted by atomic mass is 35.5. The van der Waals surface area contributed by atoms with Gasteiger partial charge in [-0.25, -0.2) is 0 Å². The third kappa shape index (κ3) is 2.39. The maximum atomic E-state index is 6.17. The van der Waals surface area contributed by atoms with Crippen molar-refractivity contribution in [1.82, 2.24) is 4.98 Å². The van der Waals surface area contributed by atoms with E-state index in [1.54, 1.807) is 0 Å². The Morgan fingerprint density at radius 3 is 2.76 bits per heavy atom. The van der Waals surface area contributed by atoms with Crippen LogP contribution in [0, 0.1) is 0 Å². The molecule has 1 aromatic carbocycles. The number of nitrogens with zero attached hydrogens (tertiary/aromatic N) is 2. The second kappa shape index (κ2) is 5.47. The molecular formula is C17H19ClN2O. The maximum Gasteiger partial charge on any atom is 0.0741 e. The Labute approximate surface area is 129 Å². The normalized spacial score (nSPS) is 18.8. The van der Waals surface area contributed by atoms with Crippen LogP contribution in [0.3, 0.4) is 0 Å². The van der Waals surface area contributed by atoms with Gasteiger partial charge in [0.1, 0.15) is 0 Å². The Bertz CT molecular complexity index is 680. The lowest BCUT2D eigenvalue weighted by atomic mass is 9.92. The summed E-state index contributed by atoms with van der Waals surface area (Å²) >= 11 is 6.17. The summed E-state index contributed by atoms with van der Waals surface area (Å²) in [6, 6.07) is 6.10. The molecule has 0 amide bonds. The van der Waals surface area contributed by atoms with Gasteiger partial charge in [0.05, 0.1) is 24.4 Å². The number of benzene rings is 1. The van der Waals surface area contributed by atoms with Crippen molar-refractivity contribution in [2.24, 2.45) is 0 Å². The fourth-order valence-electron chi connectivity index (χ4n) is 3.52. The summed E-state index contributed by atoms with van der Waals surface area (Å²) in [5.74, 6) is 0. The van der Waals surface area contributed by atoms with E-state index in [-0.39, 0.29) is 0 Å². The predicted molar refractivity (Wildman–Crippen MR) is 86.4 cm³/mol. The number of hydrogen-bond acceptors (Lipinski definition) is 3. The van der Waals surface area contributed by atoms with Crippen molar-refractivity contribution >= 4 is 28.2 Å². The summed E-state index contributed by atoms with van der Waals surface area (Å²) < 4.78 is 5.52. The molecule has 2 heterocycles. The second-order valence-electron chi connectivity index (χ2n) is 5.85. The number of aromatic nitrogens is 1. The quantitative estimate of drug-likeness (QED) is 0.805. The van der Waals surface area contributed by atoms with E-state index in [9.17, 15) is 0 Å².